The molecule has 0 saturated carbocycles. The molecule has 3 heterocycles. The number of rotatable bonds is 5. The molecule has 2 atom stereocenters. The summed E-state index contributed by atoms with van der Waals surface area (Å²) in [7, 11) is 0. The molecule has 7 nitrogen and oxygen atoms in total. The highest BCUT2D eigenvalue weighted by Gasteiger charge is 2.32. The Bertz CT molecular complexity index is 712. The average Bonchev–Trinajstić information content (AvgIpc) is 3.19. The number of fused-ring (bicyclic) bond motifs is 1. The summed E-state index contributed by atoms with van der Waals surface area (Å²) in [5, 5.41) is 14.3. The molecule has 1 amide bonds. The van der Waals surface area contributed by atoms with Crippen molar-refractivity contribution in [2.24, 2.45) is 5.92 Å². The summed E-state index contributed by atoms with van der Waals surface area (Å²) >= 11 is 0. The van der Waals surface area contributed by atoms with E-state index in [0.29, 0.717) is 24.1 Å². The Labute approximate surface area is 153 Å². The third-order valence-electron chi connectivity index (χ3n) is 5.71. The summed E-state index contributed by atoms with van der Waals surface area (Å²) in [4.78, 5) is 15.1. The fourth-order valence-electron chi connectivity index (χ4n) is 4.34. The standard InChI is InChI=1S/C19H26N6O/c26-19(16-8-6-15(7-9-16)13-25-14-21-22-23-25)20-12-17-4-3-11-24-10-2-1-5-18(17)24/h6-9,14,17-18H,1-5,10-13H2,(H,20,26)/t17-,18+/m1/s1. The highest BCUT2D eigenvalue weighted by atomic mass is 16.1. The van der Waals surface area contributed by atoms with Crippen LogP contribution in [0.1, 0.15) is 48.0 Å². The maximum absolute atomic E-state index is 12.5. The van der Waals surface area contributed by atoms with Gasteiger partial charge in [0, 0.05) is 18.2 Å². The monoisotopic (exact) mass is 354 g/mol. The first kappa shape index (κ1) is 17.1. The molecular formula is C19H26N6O. The van der Waals surface area contributed by atoms with Gasteiger partial charge in [-0.3, -0.25) is 4.79 Å². The van der Waals surface area contributed by atoms with Crippen molar-refractivity contribution >= 4 is 5.91 Å². The predicted octanol–water partition coefficient (Wildman–Crippen LogP) is 1.72. The lowest BCUT2D eigenvalue weighted by molar-refractivity contribution is 0.0575. The van der Waals surface area contributed by atoms with Gasteiger partial charge in [0.25, 0.3) is 5.91 Å². The first-order chi connectivity index (χ1) is 12.8. The van der Waals surface area contributed by atoms with Crippen molar-refractivity contribution in [3.8, 4) is 0 Å². The van der Waals surface area contributed by atoms with Gasteiger partial charge in [-0.1, -0.05) is 18.6 Å². The van der Waals surface area contributed by atoms with E-state index >= 15 is 0 Å². The topological polar surface area (TPSA) is 75.9 Å². The SMILES string of the molecule is O=C(NC[C@H]1CCCN2CCCC[C@@H]12)c1ccc(Cn2cnnn2)cc1. The number of amides is 1. The van der Waals surface area contributed by atoms with Crippen LogP contribution in [0.4, 0.5) is 0 Å². The minimum absolute atomic E-state index is 0.0203. The van der Waals surface area contributed by atoms with Gasteiger partial charge in [0.05, 0.1) is 6.54 Å². The summed E-state index contributed by atoms with van der Waals surface area (Å²) in [5.41, 5.74) is 1.78. The van der Waals surface area contributed by atoms with Crippen LogP contribution in [0.2, 0.25) is 0 Å². The molecule has 2 fully saturated rings. The smallest absolute Gasteiger partial charge is 0.251 e. The maximum Gasteiger partial charge on any atom is 0.251 e. The Morgan fingerprint density at radius 3 is 2.77 bits per heavy atom. The minimum atomic E-state index is 0.0203. The van der Waals surface area contributed by atoms with Gasteiger partial charge in [-0.25, -0.2) is 4.68 Å². The number of aromatic nitrogens is 4. The molecule has 4 rings (SSSR count). The molecule has 0 aliphatic carbocycles. The molecule has 138 valence electrons. The van der Waals surface area contributed by atoms with Gasteiger partial charge in [0.1, 0.15) is 6.33 Å². The zero-order valence-electron chi connectivity index (χ0n) is 15.0. The van der Waals surface area contributed by atoms with Crippen LogP contribution in [0, 0.1) is 5.92 Å². The quantitative estimate of drug-likeness (QED) is 0.885. The van der Waals surface area contributed by atoms with Crippen LogP contribution >= 0.6 is 0 Å². The second-order valence-corrected chi connectivity index (χ2v) is 7.42. The van der Waals surface area contributed by atoms with E-state index in [2.05, 4.69) is 25.7 Å². The Morgan fingerprint density at radius 1 is 1.12 bits per heavy atom. The van der Waals surface area contributed by atoms with E-state index < -0.39 is 0 Å². The van der Waals surface area contributed by atoms with Gasteiger partial charge in [-0.2, -0.15) is 0 Å². The summed E-state index contributed by atoms with van der Waals surface area (Å²) in [6.45, 7) is 3.86. The Morgan fingerprint density at radius 2 is 1.96 bits per heavy atom. The molecule has 1 N–H and O–H groups in total. The largest absolute Gasteiger partial charge is 0.352 e. The van der Waals surface area contributed by atoms with Crippen molar-refractivity contribution < 1.29 is 4.79 Å². The highest BCUT2D eigenvalue weighted by molar-refractivity contribution is 5.94. The molecule has 26 heavy (non-hydrogen) atoms. The van der Waals surface area contributed by atoms with Gasteiger partial charge in [0.2, 0.25) is 0 Å². The number of tetrazole rings is 1. The number of carbonyl (C=O) groups excluding carboxylic acids is 1. The Hall–Kier alpha value is -2.28. The number of piperidine rings is 2. The van der Waals surface area contributed by atoms with Crippen molar-refractivity contribution in [3.05, 3.63) is 41.7 Å². The maximum atomic E-state index is 12.5. The molecule has 2 aliphatic heterocycles. The van der Waals surface area contributed by atoms with Gasteiger partial charge >= 0.3 is 0 Å². The number of nitrogens with zero attached hydrogens (tertiary/aromatic N) is 5. The number of hydrogen-bond donors (Lipinski definition) is 1. The van der Waals surface area contributed by atoms with Gasteiger partial charge in [-0.05, 0) is 72.8 Å². The van der Waals surface area contributed by atoms with Crippen LogP contribution in [0.3, 0.4) is 0 Å². The van der Waals surface area contributed by atoms with Gasteiger partial charge in [0.15, 0.2) is 0 Å². The first-order valence-corrected chi connectivity index (χ1v) is 9.61. The fourth-order valence-corrected chi connectivity index (χ4v) is 4.34. The lowest BCUT2D eigenvalue weighted by Gasteiger charge is -2.44. The molecule has 7 heteroatoms. The fraction of sp³-hybridized carbons (Fsp3) is 0.579. The molecular weight excluding hydrogens is 328 g/mol. The van der Waals surface area contributed by atoms with Crippen LogP contribution in [-0.4, -0.2) is 56.7 Å². The highest BCUT2D eigenvalue weighted by Crippen LogP contribution is 2.30. The van der Waals surface area contributed by atoms with Crippen molar-refractivity contribution in [2.75, 3.05) is 19.6 Å². The van der Waals surface area contributed by atoms with Crippen molar-refractivity contribution in [1.29, 1.82) is 0 Å². The second-order valence-electron chi connectivity index (χ2n) is 7.42. The van der Waals surface area contributed by atoms with Crippen molar-refractivity contribution in [3.63, 3.8) is 0 Å². The van der Waals surface area contributed by atoms with Crippen molar-refractivity contribution in [2.45, 2.75) is 44.7 Å². The molecule has 0 bridgehead atoms. The zero-order valence-corrected chi connectivity index (χ0v) is 15.0. The molecule has 1 aromatic carbocycles. The van der Waals surface area contributed by atoms with Crippen LogP contribution in [0.15, 0.2) is 30.6 Å². The minimum Gasteiger partial charge on any atom is -0.352 e. The Balaban J connectivity index is 1.31. The third kappa shape index (κ3) is 3.93. The molecule has 2 aromatic rings. The van der Waals surface area contributed by atoms with E-state index in [9.17, 15) is 4.79 Å². The normalized spacial score (nSPS) is 23.4. The Kier molecular flexibility index (Phi) is 5.24. The van der Waals surface area contributed by atoms with Crippen molar-refractivity contribution in [1.82, 2.24) is 30.4 Å². The number of nitrogens with one attached hydrogen (secondary N) is 1. The van der Waals surface area contributed by atoms with E-state index in [1.165, 1.54) is 45.2 Å². The zero-order chi connectivity index (χ0) is 17.8. The average molecular weight is 354 g/mol. The van der Waals surface area contributed by atoms with E-state index in [4.69, 9.17) is 0 Å². The van der Waals surface area contributed by atoms with E-state index in [0.717, 1.165) is 12.1 Å². The van der Waals surface area contributed by atoms with Gasteiger partial charge in [-0.15, -0.1) is 5.10 Å². The number of carbonyl (C=O) groups is 1. The molecule has 1 aromatic heterocycles. The summed E-state index contributed by atoms with van der Waals surface area (Å²) in [6.07, 6.45) is 8.00. The molecule has 0 spiro atoms. The van der Waals surface area contributed by atoms with E-state index in [1.54, 1.807) is 11.0 Å². The third-order valence-corrected chi connectivity index (χ3v) is 5.71. The predicted molar refractivity (Wildman–Crippen MR) is 97.6 cm³/mol. The van der Waals surface area contributed by atoms with Gasteiger partial charge < -0.3 is 10.2 Å². The lowest BCUT2D eigenvalue weighted by Crippen LogP contribution is -2.51. The molecule has 0 radical (unpaired) electrons. The molecule has 0 unspecified atom stereocenters. The summed E-state index contributed by atoms with van der Waals surface area (Å²) in [6, 6.07) is 8.34. The number of benzene rings is 1. The van der Waals surface area contributed by atoms with Crippen LogP contribution in [0.25, 0.3) is 0 Å². The summed E-state index contributed by atoms with van der Waals surface area (Å²) < 4.78 is 1.66. The molecule has 2 aliphatic rings. The second kappa shape index (κ2) is 7.95. The van der Waals surface area contributed by atoms with E-state index in [1.807, 2.05) is 24.3 Å². The van der Waals surface area contributed by atoms with Crippen LogP contribution < -0.4 is 5.32 Å². The van der Waals surface area contributed by atoms with Crippen LogP contribution in [0.5, 0.6) is 0 Å². The van der Waals surface area contributed by atoms with Crippen LogP contribution in [-0.2, 0) is 6.54 Å². The molecule has 2 saturated heterocycles. The first-order valence-electron chi connectivity index (χ1n) is 9.61. The van der Waals surface area contributed by atoms with E-state index in [-0.39, 0.29) is 5.91 Å². The summed E-state index contributed by atoms with van der Waals surface area (Å²) in [5.74, 6) is 0.610. The number of hydrogen-bond acceptors (Lipinski definition) is 5. The lowest BCUT2D eigenvalue weighted by atomic mass is 9.83.